The maximum Gasteiger partial charge on any atom is 0.322 e. The van der Waals surface area contributed by atoms with E-state index in [1.54, 1.807) is 17.3 Å². The Hall–Kier alpha value is -2.09. The Kier molecular flexibility index (Phi) is 5.91. The largest absolute Gasteiger partial charge is 0.352 e. The molecule has 1 aromatic rings. The van der Waals surface area contributed by atoms with Gasteiger partial charge in [0.05, 0.1) is 18.4 Å². The Labute approximate surface area is 148 Å². The van der Waals surface area contributed by atoms with Gasteiger partial charge in [-0.05, 0) is 18.8 Å². The highest BCUT2D eigenvalue weighted by molar-refractivity contribution is 5.89. The lowest BCUT2D eigenvalue weighted by atomic mass is 9.87. The lowest BCUT2D eigenvalue weighted by Gasteiger charge is -2.34. The van der Waals surface area contributed by atoms with Crippen LogP contribution in [0.2, 0.25) is 0 Å². The molecule has 0 spiro atoms. The molecule has 0 unspecified atom stereocenters. The van der Waals surface area contributed by atoms with E-state index in [2.05, 4.69) is 32.7 Å². The van der Waals surface area contributed by atoms with Crippen LogP contribution in [0.1, 0.15) is 32.6 Å². The molecule has 2 heterocycles. The number of hydrogen-bond donors (Lipinski definition) is 3. The summed E-state index contributed by atoms with van der Waals surface area (Å²) < 4.78 is 0. The molecule has 0 bridgehead atoms. The Morgan fingerprint density at radius 2 is 2.08 bits per heavy atom. The maximum absolute atomic E-state index is 12.3. The van der Waals surface area contributed by atoms with Crippen LogP contribution in [0.15, 0.2) is 12.4 Å². The number of aromatic nitrogens is 2. The van der Waals surface area contributed by atoms with Gasteiger partial charge in [-0.3, -0.25) is 14.8 Å². The minimum Gasteiger partial charge on any atom is -0.352 e. The number of piperazine rings is 1. The fourth-order valence-corrected chi connectivity index (χ4v) is 3.67. The first-order chi connectivity index (χ1) is 12.1. The first-order valence-corrected chi connectivity index (χ1v) is 9.16. The van der Waals surface area contributed by atoms with Crippen LogP contribution in [0.25, 0.3) is 0 Å². The van der Waals surface area contributed by atoms with Crippen molar-refractivity contribution in [3.63, 3.8) is 0 Å². The Morgan fingerprint density at radius 3 is 2.76 bits per heavy atom. The summed E-state index contributed by atoms with van der Waals surface area (Å²) >= 11 is 0. The number of aromatic amines is 1. The highest BCUT2D eigenvalue weighted by Crippen LogP contribution is 2.23. The van der Waals surface area contributed by atoms with Crippen LogP contribution in [-0.4, -0.2) is 70.7 Å². The van der Waals surface area contributed by atoms with Crippen LogP contribution < -0.4 is 10.6 Å². The summed E-state index contributed by atoms with van der Waals surface area (Å²) in [6.45, 7) is 5.35. The molecule has 8 heteroatoms. The van der Waals surface area contributed by atoms with Gasteiger partial charge in [0, 0.05) is 38.4 Å². The van der Waals surface area contributed by atoms with Crippen molar-refractivity contribution in [1.82, 2.24) is 25.3 Å². The lowest BCUT2D eigenvalue weighted by Crippen LogP contribution is -2.52. The first kappa shape index (κ1) is 17.7. The van der Waals surface area contributed by atoms with Crippen molar-refractivity contribution < 1.29 is 9.59 Å². The molecule has 1 saturated heterocycles. The van der Waals surface area contributed by atoms with Crippen LogP contribution >= 0.6 is 0 Å². The molecule has 0 aromatic carbocycles. The summed E-state index contributed by atoms with van der Waals surface area (Å²) in [7, 11) is 0. The molecule has 1 aliphatic heterocycles. The minimum atomic E-state index is -0.123. The van der Waals surface area contributed by atoms with Gasteiger partial charge in [0.2, 0.25) is 5.91 Å². The highest BCUT2D eigenvalue weighted by Gasteiger charge is 2.24. The second-order valence-electron chi connectivity index (χ2n) is 7.22. The number of carbonyl (C=O) groups is 2. The molecular weight excluding hydrogens is 320 g/mol. The number of rotatable bonds is 4. The quantitative estimate of drug-likeness (QED) is 0.763. The van der Waals surface area contributed by atoms with Crippen molar-refractivity contribution >= 4 is 17.6 Å². The van der Waals surface area contributed by atoms with Crippen LogP contribution in [0.5, 0.6) is 0 Å². The molecule has 3 rings (SSSR count). The Bertz CT molecular complexity index is 568. The summed E-state index contributed by atoms with van der Waals surface area (Å²) in [4.78, 5) is 28.3. The zero-order valence-electron chi connectivity index (χ0n) is 14.8. The minimum absolute atomic E-state index is 0.107. The summed E-state index contributed by atoms with van der Waals surface area (Å²) in [6.07, 6.45) is 7.88. The third-order valence-corrected chi connectivity index (χ3v) is 5.08. The van der Waals surface area contributed by atoms with Crippen molar-refractivity contribution in [3.05, 3.63) is 12.4 Å². The number of carbonyl (C=O) groups excluding carboxylic acids is 2. The smallest absolute Gasteiger partial charge is 0.322 e. The fourth-order valence-electron chi connectivity index (χ4n) is 3.67. The van der Waals surface area contributed by atoms with Gasteiger partial charge in [-0.1, -0.05) is 19.8 Å². The average molecular weight is 348 g/mol. The predicted molar refractivity (Wildman–Crippen MR) is 95.2 cm³/mol. The molecule has 2 fully saturated rings. The summed E-state index contributed by atoms with van der Waals surface area (Å²) in [5.74, 6) is 0.812. The molecular formula is C17H28N6O2. The second kappa shape index (κ2) is 8.33. The van der Waals surface area contributed by atoms with E-state index in [9.17, 15) is 9.59 Å². The molecule has 3 N–H and O–H groups in total. The molecule has 1 saturated carbocycles. The van der Waals surface area contributed by atoms with E-state index < -0.39 is 0 Å². The SMILES string of the molecule is C[C@@H]1CCC[C@@H](NC(=O)CN2CCN(C(=O)Nc3cn[nH]c3)CC2)C1. The van der Waals surface area contributed by atoms with E-state index >= 15 is 0 Å². The van der Waals surface area contributed by atoms with Gasteiger partial charge in [-0.15, -0.1) is 0 Å². The number of amides is 3. The molecule has 3 amide bonds. The van der Waals surface area contributed by atoms with Crippen molar-refractivity contribution in [1.29, 1.82) is 0 Å². The van der Waals surface area contributed by atoms with Gasteiger partial charge in [0.15, 0.2) is 0 Å². The molecule has 0 radical (unpaired) electrons. The monoisotopic (exact) mass is 348 g/mol. The predicted octanol–water partition coefficient (Wildman–Crippen LogP) is 1.25. The van der Waals surface area contributed by atoms with Crippen LogP contribution in [0.4, 0.5) is 10.5 Å². The Morgan fingerprint density at radius 1 is 1.28 bits per heavy atom. The van der Waals surface area contributed by atoms with E-state index in [1.807, 2.05) is 0 Å². The molecule has 2 atom stereocenters. The van der Waals surface area contributed by atoms with Crippen LogP contribution in [0, 0.1) is 5.92 Å². The van der Waals surface area contributed by atoms with Gasteiger partial charge in [0.25, 0.3) is 0 Å². The topological polar surface area (TPSA) is 93.4 Å². The second-order valence-corrected chi connectivity index (χ2v) is 7.22. The lowest BCUT2D eigenvalue weighted by molar-refractivity contribution is -0.123. The molecule has 1 aliphatic carbocycles. The van der Waals surface area contributed by atoms with Gasteiger partial charge in [-0.25, -0.2) is 4.79 Å². The van der Waals surface area contributed by atoms with Crippen molar-refractivity contribution in [2.45, 2.75) is 38.6 Å². The van der Waals surface area contributed by atoms with Crippen molar-refractivity contribution in [3.8, 4) is 0 Å². The average Bonchev–Trinajstić information content (AvgIpc) is 3.08. The molecule has 1 aromatic heterocycles. The van der Waals surface area contributed by atoms with Crippen molar-refractivity contribution in [2.24, 2.45) is 5.92 Å². The van der Waals surface area contributed by atoms with Gasteiger partial charge >= 0.3 is 6.03 Å². The highest BCUT2D eigenvalue weighted by atomic mass is 16.2. The number of nitrogens with one attached hydrogen (secondary N) is 3. The van der Waals surface area contributed by atoms with E-state index in [0.717, 1.165) is 12.8 Å². The Balaban J connectivity index is 1.37. The van der Waals surface area contributed by atoms with E-state index in [1.165, 1.54) is 12.8 Å². The van der Waals surface area contributed by atoms with Gasteiger partial charge in [0.1, 0.15) is 0 Å². The van der Waals surface area contributed by atoms with Crippen LogP contribution in [-0.2, 0) is 4.79 Å². The summed E-state index contributed by atoms with van der Waals surface area (Å²) in [5, 5.41) is 12.5. The number of H-pyrrole nitrogens is 1. The molecule has 8 nitrogen and oxygen atoms in total. The molecule has 25 heavy (non-hydrogen) atoms. The summed E-state index contributed by atoms with van der Waals surface area (Å²) in [5.41, 5.74) is 0.661. The van der Waals surface area contributed by atoms with Gasteiger partial charge in [-0.2, -0.15) is 5.10 Å². The zero-order valence-corrected chi connectivity index (χ0v) is 14.8. The van der Waals surface area contributed by atoms with E-state index in [0.29, 0.717) is 50.4 Å². The molecule has 138 valence electrons. The molecule has 2 aliphatic rings. The summed E-state index contributed by atoms with van der Waals surface area (Å²) in [6, 6.07) is 0.208. The van der Waals surface area contributed by atoms with Crippen LogP contribution in [0.3, 0.4) is 0 Å². The number of urea groups is 1. The van der Waals surface area contributed by atoms with E-state index in [-0.39, 0.29) is 11.9 Å². The number of nitrogens with zero attached hydrogens (tertiary/aromatic N) is 3. The fraction of sp³-hybridized carbons (Fsp3) is 0.706. The standard InChI is InChI=1S/C17H28N6O2/c1-13-3-2-4-14(9-13)20-16(24)12-22-5-7-23(8-6-22)17(25)21-15-10-18-19-11-15/h10-11,13-14H,2-9,12H2,1H3,(H,18,19)(H,20,24)(H,21,25)/t13-,14-/m1/s1. The normalized spacial score (nSPS) is 24.8. The maximum atomic E-state index is 12.3. The number of hydrogen-bond acceptors (Lipinski definition) is 4. The van der Waals surface area contributed by atoms with Gasteiger partial charge < -0.3 is 15.5 Å². The third kappa shape index (κ3) is 5.19. The van der Waals surface area contributed by atoms with E-state index in [4.69, 9.17) is 0 Å². The first-order valence-electron chi connectivity index (χ1n) is 9.16. The zero-order chi connectivity index (χ0) is 17.6. The number of anilines is 1. The van der Waals surface area contributed by atoms with Crippen molar-refractivity contribution in [2.75, 3.05) is 38.0 Å². The third-order valence-electron chi connectivity index (χ3n) is 5.08.